The summed E-state index contributed by atoms with van der Waals surface area (Å²) >= 11 is 0. The molecule has 6 aromatic carbocycles. The highest BCUT2D eigenvalue weighted by Gasteiger charge is 2.31. The van der Waals surface area contributed by atoms with Gasteiger partial charge in [0.25, 0.3) is 0 Å². The van der Waals surface area contributed by atoms with Crippen LogP contribution in [0.2, 0.25) is 0 Å². The van der Waals surface area contributed by atoms with Crippen molar-refractivity contribution < 1.29 is 17.9 Å². The number of aromatic nitrogens is 2. The predicted octanol–water partition coefficient (Wildman–Crippen LogP) is 13.6. The van der Waals surface area contributed by atoms with Gasteiger partial charge >= 0.3 is 6.18 Å². The molecule has 9 rings (SSSR count). The smallest absolute Gasteiger partial charge is 0.416 e. The Morgan fingerprint density at radius 3 is 2.05 bits per heavy atom. The molecule has 0 saturated heterocycles. The van der Waals surface area contributed by atoms with Crippen molar-refractivity contribution in [3.8, 4) is 28.4 Å². The van der Waals surface area contributed by atoms with Crippen molar-refractivity contribution in [2.45, 2.75) is 39.8 Å². The maximum atomic E-state index is 13.7. The molecule has 2 aromatic heterocycles. The van der Waals surface area contributed by atoms with Crippen LogP contribution in [-0.4, -0.2) is 16.2 Å². The Bertz CT molecular complexity index is 2770. The van der Waals surface area contributed by atoms with Crippen LogP contribution in [0.4, 0.5) is 35.9 Å². The predicted molar refractivity (Wildman–Crippen MR) is 221 cm³/mol. The minimum Gasteiger partial charge on any atom is -0.457 e. The average Bonchev–Trinajstić information content (AvgIpc) is 3.73. The molecule has 0 N–H and O–H groups in total. The number of hydrogen-bond donors (Lipinski definition) is 0. The molecular weight excluding hydrogens is 706 g/mol. The summed E-state index contributed by atoms with van der Waals surface area (Å²) in [5.74, 6) is 2.08. The van der Waals surface area contributed by atoms with E-state index in [9.17, 15) is 13.2 Å². The number of rotatable bonds is 7. The second kappa shape index (κ2) is 13.6. The molecule has 0 amide bonds. The van der Waals surface area contributed by atoms with E-state index in [-0.39, 0.29) is 5.92 Å². The van der Waals surface area contributed by atoms with Gasteiger partial charge in [0.1, 0.15) is 24.0 Å². The van der Waals surface area contributed by atoms with E-state index in [0.29, 0.717) is 35.1 Å². The Kier molecular flexibility index (Phi) is 8.57. The van der Waals surface area contributed by atoms with Crippen molar-refractivity contribution >= 4 is 44.6 Å². The van der Waals surface area contributed by atoms with Crippen LogP contribution in [0.3, 0.4) is 0 Å². The van der Waals surface area contributed by atoms with Gasteiger partial charge in [0, 0.05) is 46.0 Å². The van der Waals surface area contributed by atoms with Gasteiger partial charge in [0.15, 0.2) is 0 Å². The third-order valence-electron chi connectivity index (χ3n) is 10.5. The van der Waals surface area contributed by atoms with E-state index in [0.717, 1.165) is 56.2 Å². The SMILES string of the molecule is Cc1cc(C)cc(N2CN(c3cccc(Oc4ccc5c6ccccc6n(-c6cc(C(C)C)c(-c7cccc(C(F)(F)F)c7)cn6)c5c4)c3)c3ccccc32)c1. The average molecular weight is 745 g/mol. The van der Waals surface area contributed by atoms with E-state index >= 15 is 0 Å². The lowest BCUT2D eigenvalue weighted by atomic mass is 9.93. The molecule has 0 unspecified atom stereocenters. The van der Waals surface area contributed by atoms with E-state index in [1.54, 1.807) is 12.3 Å². The summed E-state index contributed by atoms with van der Waals surface area (Å²) in [5, 5.41) is 2.10. The number of halogens is 3. The molecule has 1 aliphatic heterocycles. The molecule has 0 bridgehead atoms. The van der Waals surface area contributed by atoms with Crippen LogP contribution in [0.15, 0.2) is 146 Å². The molecule has 0 radical (unpaired) electrons. The number of anilines is 4. The van der Waals surface area contributed by atoms with Gasteiger partial charge in [-0.2, -0.15) is 13.2 Å². The molecule has 0 aliphatic carbocycles. The summed E-state index contributed by atoms with van der Waals surface area (Å²) in [6, 6.07) is 45.0. The fourth-order valence-corrected chi connectivity index (χ4v) is 8.04. The van der Waals surface area contributed by atoms with Gasteiger partial charge in [-0.25, -0.2) is 4.98 Å². The topological polar surface area (TPSA) is 33.5 Å². The number of aryl methyl sites for hydroxylation is 2. The number of alkyl halides is 3. The standard InChI is InChI=1S/C48H39F3N4O/c1-30(2)41-27-47(52-28-42(41)33-11-9-12-34(24-33)48(49,50)51)55-43-16-6-5-15-39(43)40-20-19-38(26-46(40)55)56-37-14-10-13-35(25-37)53-29-54(45-18-8-7-17-44(45)53)36-22-31(3)21-32(4)23-36/h5-28,30H,29H2,1-4H3. The molecule has 0 atom stereocenters. The monoisotopic (exact) mass is 744 g/mol. The summed E-state index contributed by atoms with van der Waals surface area (Å²) in [6.07, 6.45) is -2.74. The first-order valence-electron chi connectivity index (χ1n) is 18.7. The third-order valence-corrected chi connectivity index (χ3v) is 10.5. The first-order chi connectivity index (χ1) is 27.0. The van der Waals surface area contributed by atoms with Gasteiger partial charge in [-0.3, -0.25) is 4.57 Å². The highest BCUT2D eigenvalue weighted by molar-refractivity contribution is 6.09. The largest absolute Gasteiger partial charge is 0.457 e. The highest BCUT2D eigenvalue weighted by Crippen LogP contribution is 2.45. The summed E-state index contributed by atoms with van der Waals surface area (Å²) in [4.78, 5) is 9.54. The molecular formula is C48H39F3N4O. The van der Waals surface area contributed by atoms with Gasteiger partial charge in [0.05, 0.1) is 28.0 Å². The molecule has 0 spiro atoms. The number of benzene rings is 6. The van der Waals surface area contributed by atoms with Crippen LogP contribution < -0.4 is 14.5 Å². The zero-order valence-electron chi connectivity index (χ0n) is 31.5. The van der Waals surface area contributed by atoms with Crippen molar-refractivity contribution in [3.05, 3.63) is 168 Å². The molecule has 3 heterocycles. The Hall–Kier alpha value is -6.54. The summed E-state index contributed by atoms with van der Waals surface area (Å²) in [6.45, 7) is 9.02. The maximum Gasteiger partial charge on any atom is 0.416 e. The molecule has 278 valence electrons. The van der Waals surface area contributed by atoms with Crippen LogP contribution in [0.25, 0.3) is 38.8 Å². The lowest BCUT2D eigenvalue weighted by Gasteiger charge is -2.23. The number of pyridine rings is 1. The lowest BCUT2D eigenvalue weighted by Crippen LogP contribution is -2.24. The molecule has 1 aliphatic rings. The quantitative estimate of drug-likeness (QED) is 0.163. The molecule has 5 nitrogen and oxygen atoms in total. The van der Waals surface area contributed by atoms with Crippen LogP contribution >= 0.6 is 0 Å². The number of nitrogens with zero attached hydrogens (tertiary/aromatic N) is 4. The van der Waals surface area contributed by atoms with E-state index in [2.05, 4.69) is 101 Å². The van der Waals surface area contributed by atoms with Crippen molar-refractivity contribution in [2.24, 2.45) is 0 Å². The lowest BCUT2D eigenvalue weighted by molar-refractivity contribution is -0.137. The first kappa shape index (κ1) is 35.2. The fraction of sp³-hybridized carbons (Fsp3) is 0.146. The number of hydrogen-bond acceptors (Lipinski definition) is 4. The molecule has 0 fully saturated rings. The van der Waals surface area contributed by atoms with Crippen LogP contribution in [0.5, 0.6) is 11.5 Å². The number of para-hydroxylation sites is 3. The van der Waals surface area contributed by atoms with E-state index < -0.39 is 11.7 Å². The highest BCUT2D eigenvalue weighted by atomic mass is 19.4. The Morgan fingerprint density at radius 2 is 1.30 bits per heavy atom. The van der Waals surface area contributed by atoms with E-state index in [1.807, 2.05) is 56.3 Å². The van der Waals surface area contributed by atoms with E-state index in [4.69, 9.17) is 9.72 Å². The van der Waals surface area contributed by atoms with Gasteiger partial charge in [-0.05, 0) is 115 Å². The minimum absolute atomic E-state index is 0.0242. The van der Waals surface area contributed by atoms with Crippen molar-refractivity contribution in [3.63, 3.8) is 0 Å². The van der Waals surface area contributed by atoms with Crippen molar-refractivity contribution in [2.75, 3.05) is 16.5 Å². The van der Waals surface area contributed by atoms with Gasteiger partial charge < -0.3 is 14.5 Å². The summed E-state index contributed by atoms with van der Waals surface area (Å²) in [5.41, 5.74) is 10.2. The van der Waals surface area contributed by atoms with Crippen LogP contribution in [0.1, 0.15) is 42.0 Å². The molecule has 8 heteroatoms. The maximum absolute atomic E-state index is 13.7. The summed E-state index contributed by atoms with van der Waals surface area (Å²) in [7, 11) is 0. The van der Waals surface area contributed by atoms with Gasteiger partial charge in [0.2, 0.25) is 0 Å². The zero-order chi connectivity index (χ0) is 38.7. The second-order valence-electron chi connectivity index (χ2n) is 14.8. The first-order valence-corrected chi connectivity index (χ1v) is 18.7. The Morgan fingerprint density at radius 1 is 0.625 bits per heavy atom. The van der Waals surface area contributed by atoms with Crippen molar-refractivity contribution in [1.82, 2.24) is 9.55 Å². The van der Waals surface area contributed by atoms with Gasteiger partial charge in [-0.15, -0.1) is 0 Å². The number of fused-ring (bicyclic) bond motifs is 4. The minimum atomic E-state index is -4.44. The fourth-order valence-electron chi connectivity index (χ4n) is 8.04. The van der Waals surface area contributed by atoms with Gasteiger partial charge in [-0.1, -0.05) is 68.4 Å². The normalized spacial score (nSPS) is 12.9. The zero-order valence-corrected chi connectivity index (χ0v) is 31.5. The molecule has 56 heavy (non-hydrogen) atoms. The number of ether oxygens (including phenoxy) is 1. The van der Waals surface area contributed by atoms with Crippen LogP contribution in [-0.2, 0) is 6.18 Å². The van der Waals surface area contributed by atoms with Crippen molar-refractivity contribution in [1.29, 1.82) is 0 Å². The van der Waals surface area contributed by atoms with E-state index in [1.165, 1.54) is 23.3 Å². The molecule has 8 aromatic rings. The second-order valence-corrected chi connectivity index (χ2v) is 14.8. The Balaban J connectivity index is 1.08. The van der Waals surface area contributed by atoms with Crippen LogP contribution in [0, 0.1) is 13.8 Å². The third kappa shape index (κ3) is 6.31. The Labute approximate surface area is 323 Å². The summed E-state index contributed by atoms with van der Waals surface area (Å²) < 4.78 is 49.7. The molecule has 0 saturated carbocycles.